The summed E-state index contributed by atoms with van der Waals surface area (Å²) in [5.41, 5.74) is 0. The molecule has 0 saturated heterocycles. The lowest BCUT2D eigenvalue weighted by Gasteiger charge is -2.28. The van der Waals surface area contributed by atoms with E-state index in [1.807, 2.05) is 18.2 Å². The third kappa shape index (κ3) is 3.60. The fourth-order valence-electron chi connectivity index (χ4n) is 3.05. The van der Waals surface area contributed by atoms with Crippen molar-refractivity contribution in [2.75, 3.05) is 7.11 Å². The Kier molecular flexibility index (Phi) is 5.53. The van der Waals surface area contributed by atoms with Crippen molar-refractivity contribution in [1.29, 1.82) is 0 Å². The standard InChI is InChI=1S/C22H21O2P/c1-24-22(23)17-18-25(19-11-5-2-6-12-19,20-13-7-3-8-14-20)21-15-9-4-10-16-21/h2-16,18H,17H2,1H3. The summed E-state index contributed by atoms with van der Waals surface area (Å²) < 4.78 is 4.90. The predicted octanol–water partition coefficient (Wildman–Crippen LogP) is 3.35. The highest BCUT2D eigenvalue weighted by molar-refractivity contribution is 7.94. The van der Waals surface area contributed by atoms with E-state index in [4.69, 9.17) is 4.74 Å². The van der Waals surface area contributed by atoms with Gasteiger partial charge in [0.25, 0.3) is 0 Å². The summed E-state index contributed by atoms with van der Waals surface area (Å²) in [6, 6.07) is 31.3. The van der Waals surface area contributed by atoms with Gasteiger partial charge in [0.05, 0.1) is 13.5 Å². The first kappa shape index (κ1) is 17.3. The molecule has 0 bridgehead atoms. The molecule has 126 valence electrons. The first-order chi connectivity index (χ1) is 12.3. The topological polar surface area (TPSA) is 26.3 Å². The smallest absolute Gasteiger partial charge is 0.309 e. The maximum absolute atomic E-state index is 11.9. The Labute approximate surface area is 149 Å². The van der Waals surface area contributed by atoms with Crippen molar-refractivity contribution in [2.24, 2.45) is 0 Å². The van der Waals surface area contributed by atoms with E-state index in [0.717, 1.165) is 0 Å². The van der Waals surface area contributed by atoms with Gasteiger partial charge in [0.1, 0.15) is 0 Å². The van der Waals surface area contributed by atoms with Crippen molar-refractivity contribution in [3.63, 3.8) is 0 Å². The zero-order chi connectivity index (χ0) is 17.5. The zero-order valence-corrected chi connectivity index (χ0v) is 15.1. The van der Waals surface area contributed by atoms with Crippen molar-refractivity contribution in [2.45, 2.75) is 6.42 Å². The van der Waals surface area contributed by atoms with Crippen LogP contribution in [-0.4, -0.2) is 18.9 Å². The Morgan fingerprint density at radius 3 is 1.44 bits per heavy atom. The molecular weight excluding hydrogens is 327 g/mol. The fourth-order valence-corrected chi connectivity index (χ4v) is 6.92. The van der Waals surface area contributed by atoms with Gasteiger partial charge in [-0.2, -0.15) is 0 Å². The Morgan fingerprint density at radius 2 is 1.12 bits per heavy atom. The van der Waals surface area contributed by atoms with Crippen LogP contribution in [0.5, 0.6) is 0 Å². The van der Waals surface area contributed by atoms with Crippen LogP contribution in [0, 0.1) is 0 Å². The van der Waals surface area contributed by atoms with E-state index < -0.39 is 6.89 Å². The molecule has 0 saturated carbocycles. The molecule has 0 amide bonds. The minimum Gasteiger partial charge on any atom is -0.469 e. The molecule has 0 N–H and O–H groups in total. The van der Waals surface area contributed by atoms with E-state index >= 15 is 0 Å². The third-order valence-electron chi connectivity index (χ3n) is 4.25. The van der Waals surface area contributed by atoms with Crippen LogP contribution >= 0.6 is 6.89 Å². The normalized spacial score (nSPS) is 10.9. The fraction of sp³-hybridized carbons (Fsp3) is 0.0909. The highest BCUT2D eigenvalue weighted by Crippen LogP contribution is 2.43. The molecule has 0 spiro atoms. The summed E-state index contributed by atoms with van der Waals surface area (Å²) in [7, 11) is 1.43. The number of methoxy groups -OCH3 is 1. The highest BCUT2D eigenvalue weighted by atomic mass is 31.2. The van der Waals surface area contributed by atoms with Crippen molar-refractivity contribution >= 4 is 34.6 Å². The molecule has 2 nitrogen and oxygen atoms in total. The summed E-state index contributed by atoms with van der Waals surface area (Å²) in [4.78, 5) is 11.9. The van der Waals surface area contributed by atoms with Crippen LogP contribution in [0.1, 0.15) is 6.42 Å². The van der Waals surface area contributed by atoms with Gasteiger partial charge in [0.2, 0.25) is 0 Å². The highest BCUT2D eigenvalue weighted by Gasteiger charge is 2.24. The second-order valence-corrected chi connectivity index (χ2v) is 9.05. The molecule has 3 rings (SSSR count). The summed E-state index contributed by atoms with van der Waals surface area (Å²) in [6.45, 7) is -2.05. The lowest BCUT2D eigenvalue weighted by Crippen LogP contribution is -2.27. The van der Waals surface area contributed by atoms with Gasteiger partial charge >= 0.3 is 5.97 Å². The van der Waals surface area contributed by atoms with E-state index in [9.17, 15) is 4.79 Å². The summed E-state index contributed by atoms with van der Waals surface area (Å²) >= 11 is 0. The van der Waals surface area contributed by atoms with E-state index in [1.165, 1.54) is 23.0 Å². The second kappa shape index (κ2) is 8.00. The average Bonchev–Trinajstić information content (AvgIpc) is 2.71. The molecule has 0 aliphatic carbocycles. The minimum atomic E-state index is -2.05. The Bertz CT molecular complexity index is 768. The molecule has 0 atom stereocenters. The van der Waals surface area contributed by atoms with Gasteiger partial charge in [-0.15, -0.1) is 0 Å². The first-order valence-electron chi connectivity index (χ1n) is 8.24. The summed E-state index contributed by atoms with van der Waals surface area (Å²) in [6.07, 6.45) is 0.281. The lowest BCUT2D eigenvalue weighted by atomic mass is 10.4. The number of carbonyl (C=O) groups is 1. The minimum absolute atomic E-state index is 0.216. The Hall–Kier alpha value is -2.57. The van der Waals surface area contributed by atoms with Gasteiger partial charge in [-0.1, -0.05) is 96.8 Å². The first-order valence-corrected chi connectivity index (χ1v) is 10.1. The largest absolute Gasteiger partial charge is 0.469 e. The number of rotatable bonds is 5. The van der Waals surface area contributed by atoms with Crippen LogP contribution in [0.3, 0.4) is 0 Å². The zero-order valence-electron chi connectivity index (χ0n) is 14.2. The lowest BCUT2D eigenvalue weighted by molar-refractivity contribution is -0.139. The van der Waals surface area contributed by atoms with Crippen LogP contribution in [0.25, 0.3) is 0 Å². The number of esters is 1. The van der Waals surface area contributed by atoms with E-state index in [1.54, 1.807) is 0 Å². The van der Waals surface area contributed by atoms with Crippen molar-refractivity contribution in [3.8, 4) is 0 Å². The van der Waals surface area contributed by atoms with Crippen molar-refractivity contribution in [3.05, 3.63) is 91.0 Å². The monoisotopic (exact) mass is 348 g/mol. The second-order valence-electron chi connectivity index (χ2n) is 5.69. The molecule has 0 heterocycles. The molecule has 3 aromatic carbocycles. The van der Waals surface area contributed by atoms with E-state index in [2.05, 4.69) is 78.6 Å². The van der Waals surface area contributed by atoms with E-state index in [0.29, 0.717) is 0 Å². The molecular formula is C22H21O2P. The molecule has 25 heavy (non-hydrogen) atoms. The molecule has 0 unspecified atom stereocenters. The molecule has 0 aromatic heterocycles. The van der Waals surface area contributed by atoms with Gasteiger partial charge in [-0.3, -0.25) is 4.79 Å². The molecule has 0 fully saturated rings. The van der Waals surface area contributed by atoms with Gasteiger partial charge < -0.3 is 4.74 Å². The van der Waals surface area contributed by atoms with Crippen LogP contribution in [0.2, 0.25) is 0 Å². The molecule has 0 radical (unpaired) electrons. The Morgan fingerprint density at radius 1 is 0.760 bits per heavy atom. The van der Waals surface area contributed by atoms with Gasteiger partial charge in [-0.05, 0) is 22.8 Å². The summed E-state index contributed by atoms with van der Waals surface area (Å²) in [5, 5.41) is 3.70. The maximum Gasteiger partial charge on any atom is 0.309 e. The quantitative estimate of drug-likeness (QED) is 0.522. The molecule has 3 aromatic rings. The van der Waals surface area contributed by atoms with Crippen LogP contribution in [0.4, 0.5) is 0 Å². The SMILES string of the molecule is COC(=O)CC=P(c1ccccc1)(c1ccccc1)c1ccccc1. The molecule has 0 aliphatic rings. The number of carbonyl (C=O) groups excluding carboxylic acids is 1. The number of ether oxygens (including phenoxy) is 1. The van der Waals surface area contributed by atoms with Crippen molar-refractivity contribution < 1.29 is 9.53 Å². The van der Waals surface area contributed by atoms with Gasteiger partial charge in [0, 0.05) is 0 Å². The number of hydrogen-bond acceptors (Lipinski definition) is 2. The number of benzene rings is 3. The van der Waals surface area contributed by atoms with Crippen LogP contribution in [0.15, 0.2) is 91.0 Å². The number of hydrogen-bond donors (Lipinski definition) is 0. The maximum atomic E-state index is 11.9. The predicted molar refractivity (Wildman–Crippen MR) is 108 cm³/mol. The summed E-state index contributed by atoms with van der Waals surface area (Å²) in [5.74, 6) is 1.95. The van der Waals surface area contributed by atoms with E-state index in [-0.39, 0.29) is 12.4 Å². The van der Waals surface area contributed by atoms with Gasteiger partial charge in [0.15, 0.2) is 0 Å². The van der Waals surface area contributed by atoms with Crippen LogP contribution < -0.4 is 15.9 Å². The molecule has 3 heteroatoms. The van der Waals surface area contributed by atoms with Gasteiger partial charge in [-0.25, -0.2) is 0 Å². The Balaban J connectivity index is 2.34. The third-order valence-corrected chi connectivity index (χ3v) is 8.32. The molecule has 0 aliphatic heterocycles. The van der Waals surface area contributed by atoms with Crippen molar-refractivity contribution in [1.82, 2.24) is 0 Å². The average molecular weight is 348 g/mol. The van der Waals surface area contributed by atoms with Crippen LogP contribution in [-0.2, 0) is 9.53 Å².